The minimum atomic E-state index is -0.548. The first-order valence-corrected chi connectivity index (χ1v) is 5.61. The molecule has 3 rings (SSSR count). The van der Waals surface area contributed by atoms with E-state index in [4.69, 9.17) is 21.1 Å². The number of furan rings is 1. The summed E-state index contributed by atoms with van der Waals surface area (Å²) in [5.74, 6) is -0.765. The van der Waals surface area contributed by atoms with Crippen LogP contribution in [0.5, 0.6) is 0 Å². The standard InChI is InChI=1S/C13H8FN5O/c14-8-1-2-9-6(3-4-20-9)10(8)11-7(5-15)12(16)19-13(17)18-11/h1-4H,(H4,16,17,18,19). The van der Waals surface area contributed by atoms with Crippen LogP contribution in [-0.2, 0) is 0 Å². The van der Waals surface area contributed by atoms with Crippen molar-refractivity contribution >= 4 is 22.7 Å². The minimum Gasteiger partial charge on any atom is -0.464 e. The van der Waals surface area contributed by atoms with Gasteiger partial charge in [0.05, 0.1) is 12.0 Å². The number of anilines is 2. The van der Waals surface area contributed by atoms with Gasteiger partial charge in [-0.1, -0.05) is 0 Å². The van der Waals surface area contributed by atoms with Gasteiger partial charge < -0.3 is 15.9 Å². The van der Waals surface area contributed by atoms with E-state index in [-0.39, 0.29) is 28.6 Å². The molecule has 0 radical (unpaired) electrons. The maximum Gasteiger partial charge on any atom is 0.222 e. The summed E-state index contributed by atoms with van der Waals surface area (Å²) in [6.45, 7) is 0. The van der Waals surface area contributed by atoms with Crippen molar-refractivity contribution in [2.75, 3.05) is 11.5 Å². The molecule has 0 bridgehead atoms. The first-order chi connectivity index (χ1) is 9.61. The third kappa shape index (κ3) is 1.63. The van der Waals surface area contributed by atoms with E-state index in [1.807, 2.05) is 6.07 Å². The molecule has 0 aliphatic heterocycles. The summed E-state index contributed by atoms with van der Waals surface area (Å²) < 4.78 is 19.4. The molecule has 0 aliphatic carbocycles. The Labute approximate surface area is 112 Å². The van der Waals surface area contributed by atoms with Gasteiger partial charge in [0.2, 0.25) is 5.95 Å². The van der Waals surface area contributed by atoms with E-state index in [1.165, 1.54) is 18.4 Å². The molecule has 2 heterocycles. The number of benzene rings is 1. The van der Waals surface area contributed by atoms with Crippen LogP contribution in [0.1, 0.15) is 5.56 Å². The normalized spacial score (nSPS) is 10.6. The Morgan fingerprint density at radius 2 is 2.00 bits per heavy atom. The highest BCUT2D eigenvalue weighted by atomic mass is 19.1. The highest BCUT2D eigenvalue weighted by Crippen LogP contribution is 2.34. The van der Waals surface area contributed by atoms with Crippen molar-refractivity contribution in [1.82, 2.24) is 9.97 Å². The van der Waals surface area contributed by atoms with Crippen LogP contribution < -0.4 is 11.5 Å². The lowest BCUT2D eigenvalue weighted by Crippen LogP contribution is -2.05. The Hall–Kier alpha value is -3.14. The summed E-state index contributed by atoms with van der Waals surface area (Å²) in [5, 5.41) is 9.65. The van der Waals surface area contributed by atoms with Crippen LogP contribution in [-0.4, -0.2) is 9.97 Å². The van der Waals surface area contributed by atoms with E-state index in [9.17, 15) is 4.39 Å². The highest BCUT2D eigenvalue weighted by Gasteiger charge is 2.19. The molecule has 20 heavy (non-hydrogen) atoms. The van der Waals surface area contributed by atoms with Crippen LogP contribution in [0, 0.1) is 17.1 Å². The zero-order valence-electron chi connectivity index (χ0n) is 10.1. The maximum atomic E-state index is 14.2. The number of halogens is 1. The molecular weight excluding hydrogens is 261 g/mol. The lowest BCUT2D eigenvalue weighted by Gasteiger charge is -2.08. The Kier molecular flexibility index (Phi) is 2.51. The SMILES string of the molecule is N#Cc1c(N)nc(N)nc1-c1c(F)ccc2occc12. The summed E-state index contributed by atoms with van der Waals surface area (Å²) in [6.07, 6.45) is 1.42. The molecule has 0 fully saturated rings. The van der Waals surface area contributed by atoms with E-state index >= 15 is 0 Å². The highest BCUT2D eigenvalue weighted by molar-refractivity contribution is 5.95. The number of nitrogens with two attached hydrogens (primary N) is 2. The average molecular weight is 269 g/mol. The van der Waals surface area contributed by atoms with Crippen LogP contribution in [0.15, 0.2) is 28.9 Å². The van der Waals surface area contributed by atoms with E-state index in [2.05, 4.69) is 9.97 Å². The fraction of sp³-hybridized carbons (Fsp3) is 0. The third-order valence-corrected chi connectivity index (χ3v) is 2.89. The molecule has 1 aromatic carbocycles. The first-order valence-electron chi connectivity index (χ1n) is 5.61. The topological polar surface area (TPSA) is 115 Å². The number of aromatic nitrogens is 2. The lowest BCUT2D eigenvalue weighted by molar-refractivity contribution is 0.610. The molecule has 0 spiro atoms. The smallest absolute Gasteiger partial charge is 0.222 e. The van der Waals surface area contributed by atoms with Gasteiger partial charge in [-0.2, -0.15) is 10.2 Å². The Morgan fingerprint density at radius 3 is 2.75 bits per heavy atom. The van der Waals surface area contributed by atoms with Gasteiger partial charge >= 0.3 is 0 Å². The minimum absolute atomic E-state index is 0.0215. The number of nitrogens with zero attached hydrogens (tertiary/aromatic N) is 3. The van der Waals surface area contributed by atoms with Crippen LogP contribution in [0.3, 0.4) is 0 Å². The van der Waals surface area contributed by atoms with Gasteiger partial charge in [0.15, 0.2) is 0 Å². The van der Waals surface area contributed by atoms with E-state index in [1.54, 1.807) is 6.07 Å². The molecule has 98 valence electrons. The molecule has 0 saturated carbocycles. The predicted molar refractivity (Wildman–Crippen MR) is 70.7 cm³/mol. The largest absolute Gasteiger partial charge is 0.464 e. The molecule has 0 saturated heterocycles. The quantitative estimate of drug-likeness (QED) is 0.698. The van der Waals surface area contributed by atoms with Gasteiger partial charge in [-0.25, -0.2) is 9.37 Å². The predicted octanol–water partition coefficient (Wildman–Crippen LogP) is 2.06. The molecule has 0 amide bonds. The Balaban J connectivity index is 2.45. The zero-order chi connectivity index (χ0) is 14.3. The number of nitriles is 1. The van der Waals surface area contributed by atoms with Crippen molar-refractivity contribution in [3.8, 4) is 17.3 Å². The van der Waals surface area contributed by atoms with Crippen molar-refractivity contribution in [1.29, 1.82) is 5.26 Å². The zero-order valence-corrected chi connectivity index (χ0v) is 10.1. The van der Waals surface area contributed by atoms with E-state index < -0.39 is 5.82 Å². The molecular formula is C13H8FN5O. The summed E-state index contributed by atoms with van der Waals surface area (Å²) >= 11 is 0. The number of hydrogen-bond acceptors (Lipinski definition) is 6. The summed E-state index contributed by atoms with van der Waals surface area (Å²) in [7, 11) is 0. The van der Waals surface area contributed by atoms with Crippen LogP contribution in [0.4, 0.5) is 16.2 Å². The summed E-state index contributed by atoms with van der Waals surface area (Å²) in [6, 6.07) is 6.18. The molecule has 0 aliphatic rings. The summed E-state index contributed by atoms with van der Waals surface area (Å²) in [4.78, 5) is 7.65. The monoisotopic (exact) mass is 269 g/mol. The van der Waals surface area contributed by atoms with Gasteiger partial charge in [0.25, 0.3) is 0 Å². The molecule has 4 N–H and O–H groups in total. The number of hydrogen-bond donors (Lipinski definition) is 2. The Bertz CT molecular complexity index is 865. The Morgan fingerprint density at radius 1 is 1.20 bits per heavy atom. The van der Waals surface area contributed by atoms with Gasteiger partial charge in [0.1, 0.15) is 28.9 Å². The van der Waals surface area contributed by atoms with Crippen molar-refractivity contribution in [3.05, 3.63) is 35.8 Å². The summed E-state index contributed by atoms with van der Waals surface area (Å²) in [5.41, 5.74) is 11.8. The van der Waals surface area contributed by atoms with Crippen molar-refractivity contribution in [3.63, 3.8) is 0 Å². The van der Waals surface area contributed by atoms with Crippen LogP contribution >= 0.6 is 0 Å². The second-order valence-corrected chi connectivity index (χ2v) is 4.06. The van der Waals surface area contributed by atoms with Gasteiger partial charge in [0, 0.05) is 10.9 Å². The van der Waals surface area contributed by atoms with Crippen molar-refractivity contribution < 1.29 is 8.81 Å². The number of rotatable bonds is 1. The lowest BCUT2D eigenvalue weighted by atomic mass is 10.0. The van der Waals surface area contributed by atoms with Crippen molar-refractivity contribution in [2.24, 2.45) is 0 Å². The van der Waals surface area contributed by atoms with Gasteiger partial charge in [-0.3, -0.25) is 0 Å². The third-order valence-electron chi connectivity index (χ3n) is 2.89. The average Bonchev–Trinajstić information content (AvgIpc) is 2.86. The van der Waals surface area contributed by atoms with Crippen LogP contribution in [0.2, 0.25) is 0 Å². The number of nitrogen functional groups attached to an aromatic ring is 2. The molecule has 3 aromatic rings. The van der Waals surface area contributed by atoms with Gasteiger partial charge in [-0.15, -0.1) is 0 Å². The maximum absolute atomic E-state index is 14.2. The molecule has 2 aromatic heterocycles. The van der Waals surface area contributed by atoms with Crippen LogP contribution in [0.25, 0.3) is 22.2 Å². The fourth-order valence-electron chi connectivity index (χ4n) is 2.05. The van der Waals surface area contributed by atoms with Gasteiger partial charge in [-0.05, 0) is 18.2 Å². The second kappa shape index (κ2) is 4.20. The molecule has 0 atom stereocenters. The molecule has 6 nitrogen and oxygen atoms in total. The first kappa shape index (κ1) is 11.9. The molecule has 0 unspecified atom stereocenters. The van der Waals surface area contributed by atoms with Crippen molar-refractivity contribution in [2.45, 2.75) is 0 Å². The fourth-order valence-corrected chi connectivity index (χ4v) is 2.05. The number of fused-ring (bicyclic) bond motifs is 1. The second-order valence-electron chi connectivity index (χ2n) is 4.06. The van der Waals surface area contributed by atoms with E-state index in [0.29, 0.717) is 11.0 Å². The van der Waals surface area contributed by atoms with E-state index in [0.717, 1.165) is 0 Å². The molecule has 7 heteroatoms.